The van der Waals surface area contributed by atoms with Gasteiger partial charge >= 0.3 is 6.09 Å². The minimum Gasteiger partial charge on any atom is -0.444 e. The highest BCUT2D eigenvalue weighted by Gasteiger charge is 2.29. The van der Waals surface area contributed by atoms with Crippen LogP contribution in [0.4, 0.5) is 4.79 Å². The predicted molar refractivity (Wildman–Crippen MR) is 84.5 cm³/mol. The molecular formula is C16H31N3O2. The van der Waals surface area contributed by atoms with Crippen molar-refractivity contribution in [2.75, 3.05) is 20.1 Å². The minimum absolute atomic E-state index is 0.253. The molecule has 1 saturated carbocycles. The third-order valence-electron chi connectivity index (χ3n) is 4.34. The van der Waals surface area contributed by atoms with Gasteiger partial charge in [-0.15, -0.1) is 0 Å². The molecule has 2 unspecified atom stereocenters. The molecule has 0 aromatic heterocycles. The first-order chi connectivity index (χ1) is 9.82. The summed E-state index contributed by atoms with van der Waals surface area (Å²) in [5.74, 6) is 0. The van der Waals surface area contributed by atoms with Gasteiger partial charge in [-0.2, -0.15) is 0 Å². The first-order valence-electron chi connectivity index (χ1n) is 8.26. The van der Waals surface area contributed by atoms with Crippen LogP contribution in [-0.4, -0.2) is 54.9 Å². The number of carbonyl (C=O) groups is 1. The number of rotatable bonds is 3. The minimum atomic E-state index is -0.422. The number of alkyl carbamates (subject to hydrolysis) is 1. The van der Waals surface area contributed by atoms with Gasteiger partial charge in [-0.25, -0.2) is 4.79 Å². The monoisotopic (exact) mass is 297 g/mol. The maximum atomic E-state index is 11.8. The molecule has 0 spiro atoms. The van der Waals surface area contributed by atoms with Crippen LogP contribution >= 0.6 is 0 Å². The van der Waals surface area contributed by atoms with Crippen LogP contribution in [0.2, 0.25) is 0 Å². The standard InChI is InChI=1S/C16H31N3O2/c1-16(2,3)21-15(20)18-14-6-5-13(11-14)17-12-7-9-19(4)10-8-12/h12-14,17H,5-11H2,1-4H3,(H,18,20). The van der Waals surface area contributed by atoms with E-state index in [2.05, 4.69) is 22.6 Å². The number of carbonyl (C=O) groups excluding carboxylic acids is 1. The first kappa shape index (κ1) is 16.6. The van der Waals surface area contributed by atoms with Gasteiger partial charge in [-0.3, -0.25) is 0 Å². The molecule has 0 aromatic carbocycles. The summed E-state index contributed by atoms with van der Waals surface area (Å²) < 4.78 is 5.32. The smallest absolute Gasteiger partial charge is 0.407 e. The Balaban J connectivity index is 1.67. The largest absolute Gasteiger partial charge is 0.444 e. The molecule has 2 N–H and O–H groups in total. The average Bonchev–Trinajstić information content (AvgIpc) is 2.77. The van der Waals surface area contributed by atoms with Crippen molar-refractivity contribution < 1.29 is 9.53 Å². The second-order valence-corrected chi connectivity index (χ2v) is 7.60. The Hall–Kier alpha value is -0.810. The van der Waals surface area contributed by atoms with Crippen LogP contribution in [0.15, 0.2) is 0 Å². The fourth-order valence-electron chi connectivity index (χ4n) is 3.25. The van der Waals surface area contributed by atoms with Gasteiger partial charge in [0.1, 0.15) is 5.60 Å². The maximum Gasteiger partial charge on any atom is 0.407 e. The highest BCUT2D eigenvalue weighted by atomic mass is 16.6. The maximum absolute atomic E-state index is 11.8. The zero-order chi connectivity index (χ0) is 15.5. The molecule has 2 fully saturated rings. The van der Waals surface area contributed by atoms with E-state index in [1.54, 1.807) is 0 Å². The molecule has 5 nitrogen and oxygen atoms in total. The van der Waals surface area contributed by atoms with Gasteiger partial charge in [0.15, 0.2) is 0 Å². The fourth-order valence-corrected chi connectivity index (χ4v) is 3.25. The van der Waals surface area contributed by atoms with E-state index in [9.17, 15) is 4.79 Å². The lowest BCUT2D eigenvalue weighted by Gasteiger charge is -2.31. The molecule has 0 aromatic rings. The van der Waals surface area contributed by atoms with Gasteiger partial charge in [0, 0.05) is 18.1 Å². The molecule has 1 aliphatic carbocycles. The predicted octanol–water partition coefficient (Wildman–Crippen LogP) is 2.12. The Bertz CT molecular complexity index is 346. The van der Waals surface area contributed by atoms with Crippen molar-refractivity contribution in [3.05, 3.63) is 0 Å². The van der Waals surface area contributed by atoms with E-state index in [4.69, 9.17) is 4.74 Å². The van der Waals surface area contributed by atoms with Gasteiger partial charge in [0.25, 0.3) is 0 Å². The fraction of sp³-hybridized carbons (Fsp3) is 0.938. The Morgan fingerprint density at radius 1 is 1.05 bits per heavy atom. The number of piperidine rings is 1. The second kappa shape index (κ2) is 6.97. The van der Waals surface area contributed by atoms with Crippen molar-refractivity contribution in [3.8, 4) is 0 Å². The van der Waals surface area contributed by atoms with Gasteiger partial charge in [0.2, 0.25) is 0 Å². The highest BCUT2D eigenvalue weighted by molar-refractivity contribution is 5.68. The zero-order valence-corrected chi connectivity index (χ0v) is 13.9. The number of nitrogens with zero attached hydrogens (tertiary/aromatic N) is 1. The molecule has 2 rings (SSSR count). The summed E-state index contributed by atoms with van der Waals surface area (Å²) in [6.07, 6.45) is 5.39. The van der Waals surface area contributed by atoms with Crippen molar-refractivity contribution >= 4 is 6.09 Å². The SMILES string of the molecule is CN1CCC(NC2CCC(NC(=O)OC(C)(C)C)C2)CC1. The Morgan fingerprint density at radius 2 is 1.67 bits per heavy atom. The van der Waals surface area contributed by atoms with E-state index in [0.717, 1.165) is 19.3 Å². The summed E-state index contributed by atoms with van der Waals surface area (Å²) in [4.78, 5) is 14.2. The van der Waals surface area contributed by atoms with E-state index in [1.165, 1.54) is 25.9 Å². The second-order valence-electron chi connectivity index (χ2n) is 7.60. The molecule has 2 aliphatic rings. The lowest BCUT2D eigenvalue weighted by atomic mass is 10.0. The van der Waals surface area contributed by atoms with Crippen LogP contribution in [0.5, 0.6) is 0 Å². The van der Waals surface area contributed by atoms with Crippen LogP contribution < -0.4 is 10.6 Å². The number of nitrogens with one attached hydrogen (secondary N) is 2. The van der Waals surface area contributed by atoms with Crippen molar-refractivity contribution in [1.82, 2.24) is 15.5 Å². The Labute approximate surface area is 128 Å². The van der Waals surface area contributed by atoms with Crippen LogP contribution in [0.1, 0.15) is 52.9 Å². The van der Waals surface area contributed by atoms with Crippen LogP contribution in [0, 0.1) is 0 Å². The third kappa shape index (κ3) is 5.83. The number of hydrogen-bond donors (Lipinski definition) is 2. The van der Waals surface area contributed by atoms with Crippen molar-refractivity contribution in [3.63, 3.8) is 0 Å². The summed E-state index contributed by atoms with van der Waals surface area (Å²) >= 11 is 0. The van der Waals surface area contributed by atoms with E-state index in [1.807, 2.05) is 20.8 Å². The van der Waals surface area contributed by atoms with E-state index >= 15 is 0 Å². The molecule has 122 valence electrons. The molecule has 5 heteroatoms. The van der Waals surface area contributed by atoms with Crippen LogP contribution in [0.25, 0.3) is 0 Å². The summed E-state index contributed by atoms with van der Waals surface area (Å²) in [6, 6.07) is 1.44. The molecule has 1 saturated heterocycles. The molecule has 0 bridgehead atoms. The molecular weight excluding hydrogens is 266 g/mol. The van der Waals surface area contributed by atoms with Crippen molar-refractivity contribution in [2.24, 2.45) is 0 Å². The highest BCUT2D eigenvalue weighted by Crippen LogP contribution is 2.22. The normalized spacial score (nSPS) is 28.6. The van der Waals surface area contributed by atoms with Crippen molar-refractivity contribution in [1.29, 1.82) is 0 Å². The quantitative estimate of drug-likeness (QED) is 0.838. The van der Waals surface area contributed by atoms with Gasteiger partial charge in [-0.1, -0.05) is 0 Å². The van der Waals surface area contributed by atoms with E-state index < -0.39 is 5.60 Å². The molecule has 21 heavy (non-hydrogen) atoms. The lowest BCUT2D eigenvalue weighted by Crippen LogP contribution is -2.45. The topological polar surface area (TPSA) is 53.6 Å². The van der Waals surface area contributed by atoms with Gasteiger partial charge in [-0.05, 0) is 73.0 Å². The molecule has 1 heterocycles. The number of likely N-dealkylation sites (tertiary alicyclic amines) is 1. The summed E-state index contributed by atoms with van der Waals surface area (Å²) in [6.45, 7) is 8.05. The number of amides is 1. The van der Waals surface area contributed by atoms with Gasteiger partial charge in [0.05, 0.1) is 0 Å². The van der Waals surface area contributed by atoms with Crippen molar-refractivity contribution in [2.45, 2.75) is 76.6 Å². The first-order valence-corrected chi connectivity index (χ1v) is 8.26. The lowest BCUT2D eigenvalue weighted by molar-refractivity contribution is 0.0505. The van der Waals surface area contributed by atoms with Crippen LogP contribution in [0.3, 0.4) is 0 Å². The molecule has 2 atom stereocenters. The average molecular weight is 297 g/mol. The van der Waals surface area contributed by atoms with Gasteiger partial charge < -0.3 is 20.3 Å². The van der Waals surface area contributed by atoms with E-state index in [0.29, 0.717) is 12.1 Å². The Morgan fingerprint density at radius 3 is 2.29 bits per heavy atom. The molecule has 0 radical (unpaired) electrons. The molecule has 1 amide bonds. The van der Waals surface area contributed by atoms with Crippen LogP contribution in [-0.2, 0) is 4.74 Å². The summed E-state index contributed by atoms with van der Waals surface area (Å²) in [5, 5.41) is 6.77. The summed E-state index contributed by atoms with van der Waals surface area (Å²) in [5.41, 5.74) is -0.422. The number of hydrogen-bond acceptors (Lipinski definition) is 4. The zero-order valence-electron chi connectivity index (χ0n) is 13.9. The molecule has 1 aliphatic heterocycles. The number of ether oxygens (including phenoxy) is 1. The Kier molecular flexibility index (Phi) is 5.49. The van der Waals surface area contributed by atoms with E-state index in [-0.39, 0.29) is 12.1 Å². The summed E-state index contributed by atoms with van der Waals surface area (Å²) in [7, 11) is 2.19. The third-order valence-corrected chi connectivity index (χ3v) is 4.34.